The molecule has 0 radical (unpaired) electrons. The Kier molecular flexibility index (Phi) is 2.53. The van der Waals surface area contributed by atoms with E-state index in [0.717, 1.165) is 25.2 Å². The molecule has 0 aromatic rings. The van der Waals surface area contributed by atoms with Crippen LogP contribution in [0.2, 0.25) is 0 Å². The number of amides is 2. The molecule has 0 aromatic heterocycles. The molecule has 3 aliphatic rings. The van der Waals surface area contributed by atoms with Gasteiger partial charge in [-0.15, -0.1) is 0 Å². The van der Waals surface area contributed by atoms with Crippen molar-refractivity contribution in [3.8, 4) is 0 Å². The van der Waals surface area contributed by atoms with Crippen LogP contribution in [0.1, 0.15) is 51.9 Å². The Balaban J connectivity index is 1.93. The Morgan fingerprint density at radius 1 is 1.35 bits per heavy atom. The fraction of sp³-hybridized carbons (Fsp3) is 0.857. The van der Waals surface area contributed by atoms with E-state index in [1.807, 2.05) is 0 Å². The van der Waals surface area contributed by atoms with E-state index in [1.165, 1.54) is 19.3 Å². The van der Waals surface area contributed by atoms with Crippen molar-refractivity contribution in [2.75, 3.05) is 0 Å². The molecule has 1 saturated heterocycles. The van der Waals surface area contributed by atoms with Crippen molar-refractivity contribution in [3.05, 3.63) is 0 Å². The number of fused-ring (bicyclic) bond motifs is 3. The lowest BCUT2D eigenvalue weighted by Crippen LogP contribution is -2.54. The minimum Gasteiger partial charge on any atom is -0.296 e. The smallest absolute Gasteiger partial charge is 0.230 e. The second-order valence-corrected chi connectivity index (χ2v) is 6.24. The molecule has 1 spiro atoms. The maximum Gasteiger partial charge on any atom is 0.230 e. The van der Waals surface area contributed by atoms with Crippen molar-refractivity contribution < 1.29 is 9.59 Å². The lowest BCUT2D eigenvalue weighted by atomic mass is 9.60. The topological polar surface area (TPSA) is 46.2 Å². The molecule has 2 amide bonds. The van der Waals surface area contributed by atoms with Crippen LogP contribution < -0.4 is 5.32 Å². The molecule has 3 fully saturated rings. The molecule has 3 heteroatoms. The van der Waals surface area contributed by atoms with Crippen LogP contribution >= 0.6 is 0 Å². The van der Waals surface area contributed by atoms with Crippen molar-refractivity contribution in [2.24, 2.45) is 23.2 Å². The molecule has 1 aliphatic heterocycles. The largest absolute Gasteiger partial charge is 0.296 e. The van der Waals surface area contributed by atoms with Gasteiger partial charge in [-0.1, -0.05) is 19.8 Å². The Morgan fingerprint density at radius 2 is 2.18 bits per heavy atom. The first kappa shape index (κ1) is 11.2. The molecule has 0 aromatic carbocycles. The van der Waals surface area contributed by atoms with Gasteiger partial charge in [-0.3, -0.25) is 14.9 Å². The number of rotatable bonds is 2. The number of hydrogen-bond donors (Lipinski definition) is 1. The summed E-state index contributed by atoms with van der Waals surface area (Å²) >= 11 is 0. The fourth-order valence-electron chi connectivity index (χ4n) is 4.79. The highest BCUT2D eigenvalue weighted by molar-refractivity contribution is 5.99. The lowest BCUT2D eigenvalue weighted by Gasteiger charge is -2.45. The zero-order chi connectivity index (χ0) is 12.0. The van der Waals surface area contributed by atoms with Gasteiger partial charge < -0.3 is 0 Å². The van der Waals surface area contributed by atoms with E-state index < -0.39 is 0 Å². The van der Waals surface area contributed by atoms with Gasteiger partial charge in [-0.05, 0) is 42.9 Å². The van der Waals surface area contributed by atoms with Gasteiger partial charge >= 0.3 is 0 Å². The number of hydrogen-bond acceptors (Lipinski definition) is 2. The lowest BCUT2D eigenvalue weighted by molar-refractivity contribution is -0.147. The Bertz CT molecular complexity index is 365. The maximum absolute atomic E-state index is 12.1. The molecule has 94 valence electrons. The number of imide groups is 1. The van der Waals surface area contributed by atoms with Crippen LogP contribution in [0.4, 0.5) is 0 Å². The van der Waals surface area contributed by atoms with Gasteiger partial charge in [0.2, 0.25) is 11.8 Å². The molecule has 2 aliphatic carbocycles. The third-order valence-corrected chi connectivity index (χ3v) is 5.36. The van der Waals surface area contributed by atoms with Crippen LogP contribution in [0.25, 0.3) is 0 Å². The maximum atomic E-state index is 12.1. The summed E-state index contributed by atoms with van der Waals surface area (Å²) in [5.74, 6) is 1.50. The van der Waals surface area contributed by atoms with Crippen LogP contribution in [-0.4, -0.2) is 11.8 Å². The van der Waals surface area contributed by atoms with Crippen molar-refractivity contribution in [3.63, 3.8) is 0 Å². The van der Waals surface area contributed by atoms with E-state index in [4.69, 9.17) is 0 Å². The van der Waals surface area contributed by atoms with Gasteiger partial charge in [0.1, 0.15) is 0 Å². The third-order valence-electron chi connectivity index (χ3n) is 5.36. The van der Waals surface area contributed by atoms with Crippen molar-refractivity contribution >= 4 is 11.8 Å². The molecule has 1 N–H and O–H groups in total. The summed E-state index contributed by atoms with van der Waals surface area (Å²) in [5, 5.41) is 2.55. The first-order valence-electron chi connectivity index (χ1n) is 6.99. The highest BCUT2D eigenvalue weighted by Gasteiger charge is 2.58. The average Bonchev–Trinajstić information content (AvgIpc) is 2.83. The summed E-state index contributed by atoms with van der Waals surface area (Å²) in [6, 6.07) is 0. The Morgan fingerprint density at radius 3 is 2.76 bits per heavy atom. The summed E-state index contributed by atoms with van der Waals surface area (Å²) in [5.41, 5.74) is 0.0400. The SMILES string of the molecule is CCCC1C(=O)NC(=O)CC12CC1CCC2C1. The van der Waals surface area contributed by atoms with Crippen molar-refractivity contribution in [1.29, 1.82) is 0 Å². The molecular formula is C14H21NO2. The predicted molar refractivity (Wildman–Crippen MR) is 64.0 cm³/mol. The van der Waals surface area contributed by atoms with E-state index in [0.29, 0.717) is 12.3 Å². The van der Waals surface area contributed by atoms with Crippen LogP contribution in [0, 0.1) is 23.2 Å². The molecular weight excluding hydrogens is 214 g/mol. The van der Waals surface area contributed by atoms with Gasteiger partial charge in [0.15, 0.2) is 0 Å². The highest BCUT2D eigenvalue weighted by atomic mass is 16.2. The van der Waals surface area contributed by atoms with Gasteiger partial charge in [0.25, 0.3) is 0 Å². The van der Waals surface area contributed by atoms with Gasteiger partial charge in [0.05, 0.1) is 0 Å². The zero-order valence-electron chi connectivity index (χ0n) is 10.5. The third kappa shape index (κ3) is 1.54. The summed E-state index contributed by atoms with van der Waals surface area (Å²) < 4.78 is 0. The van der Waals surface area contributed by atoms with Crippen molar-refractivity contribution in [1.82, 2.24) is 5.32 Å². The molecule has 3 nitrogen and oxygen atoms in total. The molecule has 1 heterocycles. The van der Waals surface area contributed by atoms with Crippen LogP contribution in [-0.2, 0) is 9.59 Å². The Labute approximate surface area is 102 Å². The number of nitrogens with one attached hydrogen (secondary N) is 1. The standard InChI is InChI=1S/C14H21NO2/c1-2-3-11-13(17)15-12(16)8-14(11)7-9-4-5-10(14)6-9/h9-11H,2-8H2,1H3,(H,15,16,17). The quantitative estimate of drug-likeness (QED) is 0.746. The number of carbonyl (C=O) groups excluding carboxylic acids is 2. The average molecular weight is 235 g/mol. The normalized spacial score (nSPS) is 44.4. The van der Waals surface area contributed by atoms with Crippen LogP contribution in [0.5, 0.6) is 0 Å². The van der Waals surface area contributed by atoms with E-state index in [2.05, 4.69) is 12.2 Å². The van der Waals surface area contributed by atoms with Gasteiger partial charge in [0, 0.05) is 12.3 Å². The molecule has 17 heavy (non-hydrogen) atoms. The van der Waals surface area contributed by atoms with E-state index in [-0.39, 0.29) is 23.1 Å². The monoisotopic (exact) mass is 235 g/mol. The minimum absolute atomic E-state index is 0.00986. The second kappa shape index (κ2) is 3.82. The van der Waals surface area contributed by atoms with Gasteiger partial charge in [-0.25, -0.2) is 0 Å². The van der Waals surface area contributed by atoms with E-state index in [1.54, 1.807) is 0 Å². The first-order chi connectivity index (χ1) is 8.15. The van der Waals surface area contributed by atoms with Gasteiger partial charge in [-0.2, -0.15) is 0 Å². The minimum atomic E-state index is -0.0325. The highest BCUT2D eigenvalue weighted by Crippen LogP contribution is 2.62. The molecule has 4 unspecified atom stereocenters. The summed E-state index contributed by atoms with van der Waals surface area (Å²) in [7, 11) is 0. The Hall–Kier alpha value is -0.860. The summed E-state index contributed by atoms with van der Waals surface area (Å²) in [6.07, 6.45) is 7.53. The molecule has 4 atom stereocenters. The second-order valence-electron chi connectivity index (χ2n) is 6.24. The van der Waals surface area contributed by atoms with E-state index in [9.17, 15) is 9.59 Å². The molecule has 2 bridgehead atoms. The fourth-order valence-corrected chi connectivity index (χ4v) is 4.79. The van der Waals surface area contributed by atoms with Crippen LogP contribution in [0.3, 0.4) is 0 Å². The molecule has 2 saturated carbocycles. The predicted octanol–water partition coefficient (Wildman–Crippen LogP) is 2.26. The number of carbonyl (C=O) groups is 2. The van der Waals surface area contributed by atoms with Crippen molar-refractivity contribution in [2.45, 2.75) is 51.9 Å². The summed E-state index contributed by atoms with van der Waals surface area (Å²) in [4.78, 5) is 23.8. The summed E-state index contributed by atoms with van der Waals surface area (Å²) in [6.45, 7) is 2.13. The zero-order valence-corrected chi connectivity index (χ0v) is 10.5. The van der Waals surface area contributed by atoms with E-state index >= 15 is 0 Å². The first-order valence-corrected chi connectivity index (χ1v) is 6.99. The molecule has 3 rings (SSSR count). The van der Waals surface area contributed by atoms with Crippen LogP contribution in [0.15, 0.2) is 0 Å². The number of piperidine rings is 1.